The fraction of sp³-hybridized carbons (Fsp3) is 0.571. The van der Waals surface area contributed by atoms with Gasteiger partial charge >= 0.3 is 0 Å². The van der Waals surface area contributed by atoms with Crippen molar-refractivity contribution in [2.24, 2.45) is 11.1 Å². The first kappa shape index (κ1) is 13.4. The van der Waals surface area contributed by atoms with Crippen LogP contribution in [0, 0.1) is 17.0 Å². The third kappa shape index (κ3) is 1.84. The van der Waals surface area contributed by atoms with E-state index in [1.54, 1.807) is 6.92 Å². The summed E-state index contributed by atoms with van der Waals surface area (Å²) in [6, 6.07) is 3.91. The Kier molecular flexibility index (Phi) is 3.43. The monoisotopic (exact) mass is 255 g/mol. The van der Waals surface area contributed by atoms with E-state index in [1.807, 2.05) is 0 Å². The summed E-state index contributed by atoms with van der Waals surface area (Å²) in [7, 11) is 0. The summed E-state index contributed by atoms with van der Waals surface area (Å²) >= 11 is 0. The molecule has 0 radical (unpaired) electrons. The van der Waals surface area contributed by atoms with Crippen molar-refractivity contribution in [3.8, 4) is 0 Å². The fourth-order valence-corrected chi connectivity index (χ4v) is 3.11. The minimum absolute atomic E-state index is 0.00912. The Bertz CT molecular complexity index is 439. The molecule has 1 aliphatic carbocycles. The van der Waals surface area contributed by atoms with Crippen LogP contribution >= 0.6 is 0 Å². The largest absolute Gasteiger partial charge is 0.385 e. The molecule has 0 spiro atoms. The maximum absolute atomic E-state index is 13.9. The Hall–Kier alpha value is -1.00. The molecule has 0 aromatic heterocycles. The van der Waals surface area contributed by atoms with E-state index in [-0.39, 0.29) is 12.1 Å². The normalized spacial score (nSPS) is 21.8. The smallest absolute Gasteiger partial charge is 0.164 e. The number of aliphatic hydroxyl groups is 1. The molecule has 100 valence electrons. The van der Waals surface area contributed by atoms with E-state index in [0.717, 1.165) is 31.7 Å². The second kappa shape index (κ2) is 4.59. The van der Waals surface area contributed by atoms with Crippen LogP contribution in [-0.2, 0) is 5.60 Å². The predicted molar refractivity (Wildman–Crippen MR) is 65.9 cm³/mol. The lowest BCUT2D eigenvalue weighted by Crippen LogP contribution is -2.47. The summed E-state index contributed by atoms with van der Waals surface area (Å²) in [4.78, 5) is 0. The van der Waals surface area contributed by atoms with Crippen molar-refractivity contribution < 1.29 is 13.9 Å². The van der Waals surface area contributed by atoms with Crippen LogP contribution < -0.4 is 5.73 Å². The van der Waals surface area contributed by atoms with Crippen molar-refractivity contribution >= 4 is 0 Å². The quantitative estimate of drug-likeness (QED) is 0.872. The lowest BCUT2D eigenvalue weighted by atomic mass is 9.68. The van der Waals surface area contributed by atoms with Crippen LogP contribution in [0.2, 0.25) is 0 Å². The number of benzene rings is 1. The zero-order chi connectivity index (χ0) is 13.4. The average Bonchev–Trinajstić information content (AvgIpc) is 2.82. The van der Waals surface area contributed by atoms with Gasteiger partial charge in [-0.3, -0.25) is 0 Å². The first-order chi connectivity index (χ1) is 8.44. The second-order valence-corrected chi connectivity index (χ2v) is 5.37. The van der Waals surface area contributed by atoms with Crippen molar-refractivity contribution in [3.05, 3.63) is 35.4 Å². The Morgan fingerprint density at radius 1 is 1.33 bits per heavy atom. The van der Waals surface area contributed by atoms with Crippen molar-refractivity contribution in [2.75, 3.05) is 6.54 Å². The lowest BCUT2D eigenvalue weighted by Gasteiger charge is -2.42. The molecule has 1 fully saturated rings. The SMILES string of the molecule is CC(O)(c1cccc(F)c1F)C1(CN)CCCC1. The third-order valence-corrected chi connectivity index (χ3v) is 4.46. The van der Waals surface area contributed by atoms with E-state index in [4.69, 9.17) is 5.73 Å². The zero-order valence-corrected chi connectivity index (χ0v) is 10.5. The minimum Gasteiger partial charge on any atom is -0.385 e. The zero-order valence-electron chi connectivity index (χ0n) is 10.5. The summed E-state index contributed by atoms with van der Waals surface area (Å²) in [6.45, 7) is 1.82. The standard InChI is InChI=1S/C14H19F2NO/c1-13(18,14(9-17)7-2-3-8-14)10-5-4-6-11(15)12(10)16/h4-6,18H,2-3,7-9,17H2,1H3. The van der Waals surface area contributed by atoms with Crippen molar-refractivity contribution in [2.45, 2.75) is 38.2 Å². The van der Waals surface area contributed by atoms with Gasteiger partial charge in [0.2, 0.25) is 0 Å². The molecular weight excluding hydrogens is 236 g/mol. The van der Waals surface area contributed by atoms with E-state index in [1.165, 1.54) is 12.1 Å². The van der Waals surface area contributed by atoms with Gasteiger partial charge in [-0.05, 0) is 25.8 Å². The highest BCUT2D eigenvalue weighted by atomic mass is 19.2. The maximum Gasteiger partial charge on any atom is 0.164 e. The topological polar surface area (TPSA) is 46.2 Å². The molecule has 1 aliphatic rings. The highest BCUT2D eigenvalue weighted by Gasteiger charge is 2.50. The Balaban J connectivity index is 2.50. The molecule has 0 heterocycles. The van der Waals surface area contributed by atoms with Gasteiger partial charge in [-0.2, -0.15) is 0 Å². The van der Waals surface area contributed by atoms with Crippen LogP contribution in [0.1, 0.15) is 38.2 Å². The molecule has 0 aliphatic heterocycles. The number of nitrogens with two attached hydrogens (primary N) is 1. The van der Waals surface area contributed by atoms with Crippen LogP contribution in [0.5, 0.6) is 0 Å². The van der Waals surface area contributed by atoms with Gasteiger partial charge in [0, 0.05) is 17.5 Å². The summed E-state index contributed by atoms with van der Waals surface area (Å²) < 4.78 is 27.2. The molecule has 1 saturated carbocycles. The van der Waals surface area contributed by atoms with Gasteiger partial charge in [0.25, 0.3) is 0 Å². The van der Waals surface area contributed by atoms with Gasteiger partial charge in [0.05, 0.1) is 5.60 Å². The first-order valence-electron chi connectivity index (χ1n) is 6.31. The van der Waals surface area contributed by atoms with E-state index in [2.05, 4.69) is 0 Å². The van der Waals surface area contributed by atoms with E-state index in [0.29, 0.717) is 0 Å². The summed E-state index contributed by atoms with van der Waals surface area (Å²) in [6.07, 6.45) is 3.41. The van der Waals surface area contributed by atoms with Crippen LogP contribution in [0.15, 0.2) is 18.2 Å². The summed E-state index contributed by atoms with van der Waals surface area (Å²) in [5.41, 5.74) is 3.82. The molecule has 2 rings (SSSR count). The number of rotatable bonds is 3. The molecular formula is C14H19F2NO. The fourth-order valence-electron chi connectivity index (χ4n) is 3.11. The van der Waals surface area contributed by atoms with E-state index < -0.39 is 22.7 Å². The van der Waals surface area contributed by atoms with Crippen LogP contribution in [0.4, 0.5) is 8.78 Å². The molecule has 4 heteroatoms. The Labute approximate surface area is 106 Å². The molecule has 18 heavy (non-hydrogen) atoms. The molecule has 1 aromatic rings. The van der Waals surface area contributed by atoms with Gasteiger partial charge in [0.15, 0.2) is 11.6 Å². The Morgan fingerprint density at radius 2 is 1.94 bits per heavy atom. The number of halogens is 2. The Morgan fingerprint density at radius 3 is 2.50 bits per heavy atom. The number of hydrogen-bond donors (Lipinski definition) is 2. The molecule has 1 unspecified atom stereocenters. The molecule has 2 nitrogen and oxygen atoms in total. The van der Waals surface area contributed by atoms with E-state index >= 15 is 0 Å². The van der Waals surface area contributed by atoms with Gasteiger partial charge in [0.1, 0.15) is 0 Å². The second-order valence-electron chi connectivity index (χ2n) is 5.37. The number of hydrogen-bond acceptors (Lipinski definition) is 2. The van der Waals surface area contributed by atoms with E-state index in [9.17, 15) is 13.9 Å². The molecule has 0 saturated heterocycles. The van der Waals surface area contributed by atoms with Crippen molar-refractivity contribution in [1.29, 1.82) is 0 Å². The van der Waals surface area contributed by atoms with Gasteiger partial charge in [-0.15, -0.1) is 0 Å². The van der Waals surface area contributed by atoms with Crippen LogP contribution in [0.3, 0.4) is 0 Å². The highest BCUT2D eigenvalue weighted by Crippen LogP contribution is 2.51. The maximum atomic E-state index is 13.9. The summed E-state index contributed by atoms with van der Waals surface area (Å²) in [5.74, 6) is -1.90. The average molecular weight is 255 g/mol. The van der Waals surface area contributed by atoms with Crippen LogP contribution in [-0.4, -0.2) is 11.7 Å². The minimum atomic E-state index is -1.44. The molecule has 0 amide bonds. The summed E-state index contributed by atoms with van der Waals surface area (Å²) in [5, 5.41) is 10.8. The molecule has 1 aromatic carbocycles. The van der Waals surface area contributed by atoms with Gasteiger partial charge in [-0.1, -0.05) is 25.0 Å². The van der Waals surface area contributed by atoms with Gasteiger partial charge < -0.3 is 10.8 Å². The predicted octanol–water partition coefficient (Wildman–Crippen LogP) is 2.69. The highest BCUT2D eigenvalue weighted by molar-refractivity contribution is 5.28. The molecule has 3 N–H and O–H groups in total. The van der Waals surface area contributed by atoms with Crippen molar-refractivity contribution in [1.82, 2.24) is 0 Å². The third-order valence-electron chi connectivity index (χ3n) is 4.46. The lowest BCUT2D eigenvalue weighted by molar-refractivity contribution is -0.0721. The molecule has 1 atom stereocenters. The first-order valence-corrected chi connectivity index (χ1v) is 6.31. The van der Waals surface area contributed by atoms with Gasteiger partial charge in [-0.25, -0.2) is 8.78 Å². The van der Waals surface area contributed by atoms with Crippen LogP contribution in [0.25, 0.3) is 0 Å². The van der Waals surface area contributed by atoms with Crippen molar-refractivity contribution in [3.63, 3.8) is 0 Å². The molecule has 0 bridgehead atoms.